The van der Waals surface area contributed by atoms with Gasteiger partial charge in [0.05, 0.1) is 7.11 Å². The Balaban J connectivity index is 1.35. The number of nitrogens with one attached hydrogen (secondary N) is 1. The minimum absolute atomic E-state index is 0.107. The predicted octanol–water partition coefficient (Wildman–Crippen LogP) is 2.02. The van der Waals surface area contributed by atoms with E-state index in [1.165, 1.54) is 6.33 Å². The molecule has 0 saturated carbocycles. The fraction of sp³-hybridized carbons (Fsp3) is 0.263. The van der Waals surface area contributed by atoms with Crippen LogP contribution in [0.25, 0.3) is 5.82 Å². The van der Waals surface area contributed by atoms with Gasteiger partial charge in [0, 0.05) is 50.3 Å². The Morgan fingerprint density at radius 2 is 1.82 bits per heavy atom. The van der Waals surface area contributed by atoms with Crippen LogP contribution in [0.1, 0.15) is 0 Å². The number of methoxy groups -OCH3 is 1. The van der Waals surface area contributed by atoms with Crippen molar-refractivity contribution in [3.63, 3.8) is 0 Å². The second-order valence-electron chi connectivity index (χ2n) is 6.32. The number of rotatable bonds is 4. The summed E-state index contributed by atoms with van der Waals surface area (Å²) in [6.45, 7) is 2.63. The smallest absolute Gasteiger partial charge is 0.321 e. The lowest BCUT2D eigenvalue weighted by Crippen LogP contribution is -2.50. The normalized spacial score (nSPS) is 14.0. The van der Waals surface area contributed by atoms with Crippen LogP contribution in [0.5, 0.6) is 5.75 Å². The van der Waals surface area contributed by atoms with E-state index < -0.39 is 0 Å². The number of benzene rings is 1. The second-order valence-corrected chi connectivity index (χ2v) is 6.32. The highest BCUT2D eigenvalue weighted by Crippen LogP contribution is 2.18. The molecule has 3 heterocycles. The summed E-state index contributed by atoms with van der Waals surface area (Å²) < 4.78 is 6.83. The van der Waals surface area contributed by atoms with Gasteiger partial charge in [0.15, 0.2) is 5.82 Å². The third-order valence-electron chi connectivity index (χ3n) is 4.61. The number of nitrogens with zero attached hydrogens (tertiary/aromatic N) is 6. The first-order valence-electron chi connectivity index (χ1n) is 9.00. The molecule has 3 aromatic rings. The molecule has 1 N–H and O–H groups in total. The molecule has 0 unspecified atom stereocenters. The molecule has 0 atom stereocenters. The van der Waals surface area contributed by atoms with E-state index in [4.69, 9.17) is 4.74 Å². The van der Waals surface area contributed by atoms with Gasteiger partial charge in [0.1, 0.15) is 17.9 Å². The summed E-state index contributed by atoms with van der Waals surface area (Å²) in [4.78, 5) is 25.1. The van der Waals surface area contributed by atoms with Crippen LogP contribution in [0.15, 0.2) is 55.1 Å². The quantitative estimate of drug-likeness (QED) is 0.746. The zero-order chi connectivity index (χ0) is 19.3. The minimum Gasteiger partial charge on any atom is -0.497 e. The number of anilines is 2. The van der Waals surface area contributed by atoms with Gasteiger partial charge in [-0.2, -0.15) is 5.10 Å². The van der Waals surface area contributed by atoms with E-state index in [0.29, 0.717) is 26.2 Å². The van der Waals surface area contributed by atoms with Crippen LogP contribution in [-0.4, -0.2) is 64.0 Å². The molecular weight excluding hydrogens is 358 g/mol. The highest BCUT2D eigenvalue weighted by molar-refractivity contribution is 5.89. The van der Waals surface area contributed by atoms with Gasteiger partial charge in [-0.05, 0) is 30.3 Å². The van der Waals surface area contributed by atoms with Crippen molar-refractivity contribution in [1.82, 2.24) is 24.6 Å². The Kier molecular flexibility index (Phi) is 5.05. The molecule has 9 heteroatoms. The maximum atomic E-state index is 12.5. The van der Waals surface area contributed by atoms with Crippen molar-refractivity contribution < 1.29 is 9.53 Å². The third kappa shape index (κ3) is 3.88. The molecule has 1 aliphatic heterocycles. The van der Waals surface area contributed by atoms with Gasteiger partial charge in [-0.3, -0.25) is 0 Å². The van der Waals surface area contributed by atoms with Gasteiger partial charge in [-0.25, -0.2) is 19.4 Å². The first-order valence-corrected chi connectivity index (χ1v) is 9.00. The first kappa shape index (κ1) is 17.8. The van der Waals surface area contributed by atoms with Gasteiger partial charge < -0.3 is 19.9 Å². The van der Waals surface area contributed by atoms with Crippen molar-refractivity contribution in [3.05, 3.63) is 55.1 Å². The predicted molar refractivity (Wildman–Crippen MR) is 105 cm³/mol. The molecule has 2 aromatic heterocycles. The van der Waals surface area contributed by atoms with E-state index >= 15 is 0 Å². The molecule has 0 aliphatic carbocycles. The van der Waals surface area contributed by atoms with Crippen LogP contribution in [0.4, 0.5) is 16.3 Å². The number of piperazine rings is 1. The Morgan fingerprint density at radius 3 is 2.50 bits per heavy atom. The van der Waals surface area contributed by atoms with Crippen molar-refractivity contribution >= 4 is 17.5 Å². The van der Waals surface area contributed by atoms with E-state index in [1.807, 2.05) is 42.6 Å². The first-order chi connectivity index (χ1) is 13.7. The zero-order valence-corrected chi connectivity index (χ0v) is 15.5. The van der Waals surface area contributed by atoms with Crippen molar-refractivity contribution in [2.24, 2.45) is 0 Å². The lowest BCUT2D eigenvalue weighted by Gasteiger charge is -2.35. The number of hydrogen-bond donors (Lipinski definition) is 1. The molecule has 0 bridgehead atoms. The number of amides is 2. The largest absolute Gasteiger partial charge is 0.497 e. The van der Waals surface area contributed by atoms with Crippen LogP contribution in [-0.2, 0) is 0 Å². The van der Waals surface area contributed by atoms with Crippen molar-refractivity contribution in [1.29, 1.82) is 0 Å². The van der Waals surface area contributed by atoms with Crippen LogP contribution in [0.3, 0.4) is 0 Å². The number of carbonyl (C=O) groups excluding carboxylic acids is 1. The zero-order valence-electron chi connectivity index (χ0n) is 15.5. The molecule has 9 nitrogen and oxygen atoms in total. The molecule has 4 rings (SSSR count). The van der Waals surface area contributed by atoms with Gasteiger partial charge in [0.2, 0.25) is 0 Å². The summed E-state index contributed by atoms with van der Waals surface area (Å²) in [6, 6.07) is 10.9. The molecule has 1 aliphatic rings. The van der Waals surface area contributed by atoms with Gasteiger partial charge in [-0.1, -0.05) is 0 Å². The molecular formula is C19H21N7O2. The minimum atomic E-state index is -0.107. The summed E-state index contributed by atoms with van der Waals surface area (Å²) in [6.07, 6.45) is 5.09. The monoisotopic (exact) mass is 379 g/mol. The summed E-state index contributed by atoms with van der Waals surface area (Å²) in [5, 5.41) is 7.12. The maximum absolute atomic E-state index is 12.5. The van der Waals surface area contributed by atoms with Crippen molar-refractivity contribution in [2.45, 2.75) is 0 Å². The number of carbonyl (C=O) groups is 1. The Bertz CT molecular complexity index is 920. The SMILES string of the molecule is COc1ccc(NC(=O)N2CCN(c3cc(-n4cccn4)ncn3)CC2)cc1. The number of hydrogen-bond acceptors (Lipinski definition) is 6. The van der Waals surface area contributed by atoms with Crippen LogP contribution in [0.2, 0.25) is 0 Å². The summed E-state index contributed by atoms with van der Waals surface area (Å²) in [7, 11) is 1.61. The van der Waals surface area contributed by atoms with Gasteiger partial charge in [0.25, 0.3) is 0 Å². The van der Waals surface area contributed by atoms with Gasteiger partial charge >= 0.3 is 6.03 Å². The highest BCUT2D eigenvalue weighted by atomic mass is 16.5. The van der Waals surface area contributed by atoms with Crippen molar-refractivity contribution in [2.75, 3.05) is 43.5 Å². The van der Waals surface area contributed by atoms with Crippen LogP contribution >= 0.6 is 0 Å². The molecule has 0 radical (unpaired) electrons. The van der Waals surface area contributed by atoms with E-state index in [1.54, 1.807) is 22.9 Å². The second kappa shape index (κ2) is 7.95. The standard InChI is InChI=1S/C19H21N7O2/c1-28-16-5-3-15(4-6-16)23-19(27)25-11-9-24(10-12-25)17-13-18(21-14-20-17)26-8-2-7-22-26/h2-8,13-14H,9-12H2,1H3,(H,23,27). The number of aromatic nitrogens is 4. The molecule has 2 amide bonds. The highest BCUT2D eigenvalue weighted by Gasteiger charge is 2.22. The Morgan fingerprint density at radius 1 is 1.07 bits per heavy atom. The topological polar surface area (TPSA) is 88.4 Å². The molecule has 28 heavy (non-hydrogen) atoms. The van der Waals surface area contributed by atoms with E-state index in [9.17, 15) is 4.79 Å². The fourth-order valence-electron chi connectivity index (χ4n) is 3.06. The summed E-state index contributed by atoms with van der Waals surface area (Å²) in [5.41, 5.74) is 0.743. The lowest BCUT2D eigenvalue weighted by molar-refractivity contribution is 0.208. The van der Waals surface area contributed by atoms with Crippen LogP contribution < -0.4 is 15.0 Å². The fourth-order valence-corrected chi connectivity index (χ4v) is 3.06. The molecule has 0 spiro atoms. The Labute approximate surface area is 162 Å². The maximum Gasteiger partial charge on any atom is 0.321 e. The summed E-state index contributed by atoms with van der Waals surface area (Å²) in [5.74, 6) is 2.30. The van der Waals surface area contributed by atoms with E-state index in [-0.39, 0.29) is 6.03 Å². The Hall–Kier alpha value is -3.62. The van der Waals surface area contributed by atoms with Crippen LogP contribution in [0, 0.1) is 0 Å². The van der Waals surface area contributed by atoms with Gasteiger partial charge in [-0.15, -0.1) is 0 Å². The van der Waals surface area contributed by atoms with Crippen molar-refractivity contribution in [3.8, 4) is 11.6 Å². The molecule has 144 valence electrons. The average Bonchev–Trinajstić information content (AvgIpc) is 3.29. The number of ether oxygens (including phenoxy) is 1. The third-order valence-corrected chi connectivity index (χ3v) is 4.61. The lowest BCUT2D eigenvalue weighted by atomic mass is 10.3. The number of urea groups is 1. The summed E-state index contributed by atoms with van der Waals surface area (Å²) >= 11 is 0. The molecule has 1 saturated heterocycles. The van der Waals surface area contributed by atoms with E-state index in [0.717, 1.165) is 23.1 Å². The molecule has 1 aromatic carbocycles. The molecule has 1 fully saturated rings. The average molecular weight is 379 g/mol. The van der Waals surface area contributed by atoms with E-state index in [2.05, 4.69) is 25.3 Å².